The fraction of sp³-hybridized carbons (Fsp3) is 0.125. The smallest absolute Gasteiger partial charge is 0.236 e. The number of aromatic nitrogens is 1. The highest BCUT2D eigenvalue weighted by Crippen LogP contribution is 2.26. The van der Waals surface area contributed by atoms with Crippen LogP contribution in [-0.4, -0.2) is 11.3 Å². The number of benzene rings is 1. The molecule has 0 aliphatic carbocycles. The van der Waals surface area contributed by atoms with E-state index in [1.165, 1.54) is 0 Å². The third-order valence-electron chi connectivity index (χ3n) is 2.99. The molecule has 21 heavy (non-hydrogen) atoms. The first-order valence-electron chi connectivity index (χ1n) is 6.44. The minimum Gasteiger partial charge on any atom is -0.487 e. The first-order valence-corrected chi connectivity index (χ1v) is 7.32. The number of ether oxygens (including phenoxy) is 1. The Kier molecular flexibility index (Phi) is 3.83. The predicted molar refractivity (Wildman–Crippen MR) is 80.7 cm³/mol. The molecule has 0 aliphatic rings. The lowest BCUT2D eigenvalue weighted by atomic mass is 10.2. The van der Waals surface area contributed by atoms with Crippen LogP contribution in [-0.2, 0) is 6.61 Å². The zero-order valence-electron chi connectivity index (χ0n) is 11.4. The second-order valence-corrected chi connectivity index (χ2v) is 5.43. The molecule has 4 nitrogen and oxygen atoms in total. The molecule has 2 heterocycles. The summed E-state index contributed by atoms with van der Waals surface area (Å²) < 4.78 is 11.3. The van der Waals surface area contributed by atoms with Crippen LogP contribution in [0, 0.1) is 6.92 Å². The van der Waals surface area contributed by atoms with Crippen LogP contribution >= 0.6 is 11.3 Å². The van der Waals surface area contributed by atoms with Crippen molar-refractivity contribution in [2.24, 2.45) is 0 Å². The Morgan fingerprint density at radius 2 is 2.24 bits per heavy atom. The second-order valence-electron chi connectivity index (χ2n) is 4.48. The molecule has 0 saturated carbocycles. The Hall–Kier alpha value is -2.40. The Balaban J connectivity index is 1.74. The summed E-state index contributed by atoms with van der Waals surface area (Å²) in [5, 5.41) is 1.98. The number of aryl methyl sites for hydroxylation is 1. The molecular formula is C16H13NO3S. The van der Waals surface area contributed by atoms with Crippen molar-refractivity contribution in [1.29, 1.82) is 0 Å². The molecule has 0 radical (unpaired) electrons. The third kappa shape index (κ3) is 3.03. The SMILES string of the molecule is Cc1oc(-c2cccs2)nc1COc1cccc(C=O)c1. The molecule has 3 aromatic rings. The number of nitrogens with zero attached hydrogens (tertiary/aromatic N) is 1. The van der Waals surface area contributed by atoms with Gasteiger partial charge < -0.3 is 9.15 Å². The highest BCUT2D eigenvalue weighted by Gasteiger charge is 2.12. The number of oxazole rings is 1. The van der Waals surface area contributed by atoms with Crippen molar-refractivity contribution < 1.29 is 13.9 Å². The van der Waals surface area contributed by atoms with Gasteiger partial charge in [0, 0.05) is 5.56 Å². The summed E-state index contributed by atoms with van der Waals surface area (Å²) in [6.07, 6.45) is 0.795. The van der Waals surface area contributed by atoms with Crippen molar-refractivity contribution in [3.05, 3.63) is 58.8 Å². The molecule has 0 aliphatic heterocycles. The van der Waals surface area contributed by atoms with Gasteiger partial charge in [0.05, 0.1) is 4.88 Å². The molecule has 0 bridgehead atoms. The summed E-state index contributed by atoms with van der Waals surface area (Å²) in [4.78, 5) is 16.2. The van der Waals surface area contributed by atoms with Crippen molar-refractivity contribution in [3.8, 4) is 16.5 Å². The number of rotatable bonds is 5. The Bertz CT molecular complexity index is 747. The van der Waals surface area contributed by atoms with E-state index in [9.17, 15) is 4.79 Å². The number of carbonyl (C=O) groups excluding carboxylic acids is 1. The fourth-order valence-electron chi connectivity index (χ4n) is 1.90. The van der Waals surface area contributed by atoms with Crippen molar-refractivity contribution in [3.63, 3.8) is 0 Å². The van der Waals surface area contributed by atoms with E-state index < -0.39 is 0 Å². The largest absolute Gasteiger partial charge is 0.487 e. The maximum absolute atomic E-state index is 10.7. The average molecular weight is 299 g/mol. The van der Waals surface area contributed by atoms with E-state index in [2.05, 4.69) is 4.98 Å². The molecule has 106 valence electrons. The Labute approximate surface area is 126 Å². The summed E-state index contributed by atoms with van der Waals surface area (Å²) in [5.41, 5.74) is 1.35. The van der Waals surface area contributed by atoms with Crippen LogP contribution < -0.4 is 4.74 Å². The van der Waals surface area contributed by atoms with Crippen molar-refractivity contribution >= 4 is 17.6 Å². The molecule has 3 rings (SSSR count). The maximum atomic E-state index is 10.7. The number of aldehydes is 1. The van der Waals surface area contributed by atoms with Crippen LogP contribution in [0.1, 0.15) is 21.8 Å². The van der Waals surface area contributed by atoms with Gasteiger partial charge in [0.25, 0.3) is 0 Å². The van der Waals surface area contributed by atoms with Crippen LogP contribution in [0.4, 0.5) is 0 Å². The van der Waals surface area contributed by atoms with Crippen LogP contribution in [0.3, 0.4) is 0 Å². The van der Waals surface area contributed by atoms with Gasteiger partial charge >= 0.3 is 0 Å². The Morgan fingerprint density at radius 3 is 3.00 bits per heavy atom. The van der Waals surface area contributed by atoms with Crippen molar-refractivity contribution in [1.82, 2.24) is 4.98 Å². The lowest BCUT2D eigenvalue weighted by molar-refractivity contribution is 0.112. The fourth-order valence-corrected chi connectivity index (χ4v) is 2.55. The van der Waals surface area contributed by atoms with E-state index >= 15 is 0 Å². The van der Waals surface area contributed by atoms with Gasteiger partial charge in [0.1, 0.15) is 30.1 Å². The molecule has 2 aromatic heterocycles. The van der Waals surface area contributed by atoms with E-state index in [1.807, 2.05) is 30.5 Å². The molecule has 0 saturated heterocycles. The van der Waals surface area contributed by atoms with Gasteiger partial charge in [0.15, 0.2) is 0 Å². The highest BCUT2D eigenvalue weighted by molar-refractivity contribution is 7.13. The molecule has 0 unspecified atom stereocenters. The van der Waals surface area contributed by atoms with Gasteiger partial charge in [-0.2, -0.15) is 0 Å². The normalized spacial score (nSPS) is 10.5. The van der Waals surface area contributed by atoms with Gasteiger partial charge in [-0.15, -0.1) is 11.3 Å². The summed E-state index contributed by atoms with van der Waals surface area (Å²) in [7, 11) is 0. The van der Waals surface area contributed by atoms with E-state index in [0.29, 0.717) is 23.8 Å². The molecule has 0 fully saturated rings. The molecular weight excluding hydrogens is 286 g/mol. The second kappa shape index (κ2) is 5.93. The van der Waals surface area contributed by atoms with Crippen molar-refractivity contribution in [2.45, 2.75) is 13.5 Å². The predicted octanol–water partition coefficient (Wildman–Crippen LogP) is 4.10. The van der Waals surface area contributed by atoms with E-state index in [-0.39, 0.29) is 0 Å². The zero-order chi connectivity index (χ0) is 14.7. The summed E-state index contributed by atoms with van der Waals surface area (Å²) >= 11 is 1.58. The van der Waals surface area contributed by atoms with Crippen LogP contribution in [0.5, 0.6) is 5.75 Å². The van der Waals surface area contributed by atoms with Crippen molar-refractivity contribution in [2.75, 3.05) is 0 Å². The topological polar surface area (TPSA) is 52.3 Å². The third-order valence-corrected chi connectivity index (χ3v) is 3.85. The number of carbonyl (C=O) groups is 1. The van der Waals surface area contributed by atoms with Gasteiger partial charge in [-0.05, 0) is 30.5 Å². The monoisotopic (exact) mass is 299 g/mol. The number of hydrogen-bond donors (Lipinski definition) is 0. The Morgan fingerprint density at radius 1 is 1.33 bits per heavy atom. The average Bonchev–Trinajstić information content (AvgIpc) is 3.15. The highest BCUT2D eigenvalue weighted by atomic mass is 32.1. The quantitative estimate of drug-likeness (QED) is 0.665. The van der Waals surface area contributed by atoms with E-state index in [1.54, 1.807) is 29.5 Å². The van der Waals surface area contributed by atoms with E-state index in [4.69, 9.17) is 9.15 Å². The van der Waals surface area contributed by atoms with Gasteiger partial charge in [-0.3, -0.25) is 4.79 Å². The molecule has 0 amide bonds. The summed E-state index contributed by atoms with van der Waals surface area (Å²) in [5.74, 6) is 1.99. The standard InChI is InChI=1S/C16H13NO3S/c1-11-14(17-16(20-11)15-6-3-7-21-15)10-19-13-5-2-4-12(8-13)9-18/h2-9H,10H2,1H3. The molecule has 1 aromatic carbocycles. The zero-order valence-corrected chi connectivity index (χ0v) is 12.2. The van der Waals surface area contributed by atoms with Crippen LogP contribution in [0.25, 0.3) is 10.8 Å². The maximum Gasteiger partial charge on any atom is 0.236 e. The first-order chi connectivity index (χ1) is 10.3. The molecule has 5 heteroatoms. The first kappa shape index (κ1) is 13.6. The van der Waals surface area contributed by atoms with Crippen LogP contribution in [0.2, 0.25) is 0 Å². The number of hydrogen-bond acceptors (Lipinski definition) is 5. The lowest BCUT2D eigenvalue weighted by Gasteiger charge is -2.04. The van der Waals surface area contributed by atoms with Gasteiger partial charge in [0.2, 0.25) is 5.89 Å². The van der Waals surface area contributed by atoms with Gasteiger partial charge in [-0.1, -0.05) is 18.2 Å². The summed E-state index contributed by atoms with van der Waals surface area (Å²) in [6.45, 7) is 2.17. The molecule has 0 spiro atoms. The van der Waals surface area contributed by atoms with Crippen LogP contribution in [0.15, 0.2) is 46.2 Å². The minimum absolute atomic E-state index is 0.309. The summed E-state index contributed by atoms with van der Waals surface area (Å²) in [6, 6.07) is 10.9. The molecule has 0 N–H and O–H groups in total. The number of thiophene rings is 1. The lowest BCUT2D eigenvalue weighted by Crippen LogP contribution is -1.98. The molecule has 0 atom stereocenters. The minimum atomic E-state index is 0.309. The van der Waals surface area contributed by atoms with Gasteiger partial charge in [-0.25, -0.2) is 4.98 Å². The van der Waals surface area contributed by atoms with E-state index in [0.717, 1.165) is 22.6 Å².